The number of ether oxygens (including phenoxy) is 1. The van der Waals surface area contributed by atoms with Crippen LogP contribution in [0.4, 0.5) is 0 Å². The second-order valence-corrected chi connectivity index (χ2v) is 4.67. The van der Waals surface area contributed by atoms with Gasteiger partial charge in [0.05, 0.1) is 6.10 Å². The first-order valence-corrected chi connectivity index (χ1v) is 6.25. The summed E-state index contributed by atoms with van der Waals surface area (Å²) in [6.07, 6.45) is -0.560. The van der Waals surface area contributed by atoms with Gasteiger partial charge in [-0.1, -0.05) is 24.3 Å². The van der Waals surface area contributed by atoms with E-state index in [0.717, 1.165) is 16.7 Å². The van der Waals surface area contributed by atoms with Crippen LogP contribution in [0, 0.1) is 6.92 Å². The summed E-state index contributed by atoms with van der Waals surface area (Å²) in [6, 6.07) is 12.6. The Bertz CT molecular complexity index is 544. The van der Waals surface area contributed by atoms with Crippen molar-refractivity contribution in [2.45, 2.75) is 26.6 Å². The predicted molar refractivity (Wildman–Crippen MR) is 74.3 cm³/mol. The summed E-state index contributed by atoms with van der Waals surface area (Å²) in [4.78, 5) is 0. The van der Waals surface area contributed by atoms with Crippen LogP contribution in [-0.4, -0.2) is 10.2 Å². The smallest absolute Gasteiger partial charge is 0.125 e. The minimum absolute atomic E-state index is 0.240. The maximum absolute atomic E-state index is 9.72. The minimum Gasteiger partial charge on any atom is -0.508 e. The molecule has 2 aromatic carbocycles. The van der Waals surface area contributed by atoms with Gasteiger partial charge in [-0.05, 0) is 43.2 Å². The van der Waals surface area contributed by atoms with Crippen molar-refractivity contribution >= 4 is 0 Å². The van der Waals surface area contributed by atoms with Gasteiger partial charge in [-0.2, -0.15) is 0 Å². The lowest BCUT2D eigenvalue weighted by Gasteiger charge is -2.14. The van der Waals surface area contributed by atoms with E-state index in [-0.39, 0.29) is 5.75 Å². The molecule has 0 saturated carbocycles. The number of phenolic OH excluding ortho intramolecular Hbond substituents is 1. The third-order valence-corrected chi connectivity index (χ3v) is 2.95. The van der Waals surface area contributed by atoms with Gasteiger partial charge in [0.2, 0.25) is 0 Å². The lowest BCUT2D eigenvalue weighted by Crippen LogP contribution is -2.01. The number of aryl methyl sites for hydroxylation is 1. The zero-order valence-electron chi connectivity index (χ0n) is 11.1. The summed E-state index contributed by atoms with van der Waals surface area (Å²) >= 11 is 0. The zero-order valence-corrected chi connectivity index (χ0v) is 11.1. The molecule has 1 atom stereocenters. The van der Waals surface area contributed by atoms with Crippen molar-refractivity contribution in [2.75, 3.05) is 0 Å². The van der Waals surface area contributed by atoms with Crippen LogP contribution >= 0.6 is 0 Å². The van der Waals surface area contributed by atoms with Crippen molar-refractivity contribution in [3.63, 3.8) is 0 Å². The Morgan fingerprint density at radius 1 is 1.11 bits per heavy atom. The highest BCUT2D eigenvalue weighted by molar-refractivity contribution is 5.38. The molecule has 0 fully saturated rings. The van der Waals surface area contributed by atoms with Crippen LogP contribution in [0.1, 0.15) is 29.7 Å². The van der Waals surface area contributed by atoms with Gasteiger partial charge in [-0.15, -0.1) is 0 Å². The topological polar surface area (TPSA) is 49.7 Å². The number of rotatable bonds is 4. The molecule has 2 N–H and O–H groups in total. The Kier molecular flexibility index (Phi) is 4.07. The van der Waals surface area contributed by atoms with Crippen molar-refractivity contribution in [2.24, 2.45) is 0 Å². The largest absolute Gasteiger partial charge is 0.508 e. The Hall–Kier alpha value is -2.00. The molecule has 3 nitrogen and oxygen atoms in total. The van der Waals surface area contributed by atoms with E-state index in [2.05, 4.69) is 0 Å². The van der Waals surface area contributed by atoms with Crippen LogP contribution in [0.2, 0.25) is 0 Å². The molecule has 2 aromatic rings. The first-order valence-electron chi connectivity index (χ1n) is 6.25. The average Bonchev–Trinajstić information content (AvgIpc) is 2.38. The van der Waals surface area contributed by atoms with Gasteiger partial charge < -0.3 is 14.9 Å². The molecule has 0 radical (unpaired) electrons. The molecular formula is C16H18O3. The van der Waals surface area contributed by atoms with Gasteiger partial charge in [0, 0.05) is 5.56 Å². The van der Waals surface area contributed by atoms with Gasteiger partial charge in [0.15, 0.2) is 0 Å². The lowest BCUT2D eigenvalue weighted by molar-refractivity contribution is 0.190. The SMILES string of the molecule is Cc1ccc(C(C)O)c(OCc2ccc(O)cc2)c1. The van der Waals surface area contributed by atoms with Gasteiger partial charge in [-0.25, -0.2) is 0 Å². The summed E-state index contributed by atoms with van der Waals surface area (Å²) < 4.78 is 5.76. The van der Waals surface area contributed by atoms with E-state index in [1.54, 1.807) is 19.1 Å². The first kappa shape index (κ1) is 13.4. The third kappa shape index (κ3) is 3.48. The molecule has 1 unspecified atom stereocenters. The summed E-state index contributed by atoms with van der Waals surface area (Å²) in [5.41, 5.74) is 2.84. The Balaban J connectivity index is 2.14. The third-order valence-electron chi connectivity index (χ3n) is 2.95. The van der Waals surface area contributed by atoms with Crippen LogP contribution in [0.5, 0.6) is 11.5 Å². The normalized spacial score (nSPS) is 12.2. The Morgan fingerprint density at radius 2 is 1.79 bits per heavy atom. The molecule has 19 heavy (non-hydrogen) atoms. The summed E-state index contributed by atoms with van der Waals surface area (Å²) in [5, 5.41) is 18.9. The van der Waals surface area contributed by atoms with E-state index < -0.39 is 6.10 Å². The maximum atomic E-state index is 9.72. The van der Waals surface area contributed by atoms with Crippen LogP contribution in [0.25, 0.3) is 0 Å². The fraction of sp³-hybridized carbons (Fsp3) is 0.250. The molecule has 0 aliphatic rings. The number of aliphatic hydroxyl groups excluding tert-OH is 1. The fourth-order valence-corrected chi connectivity index (χ4v) is 1.86. The second-order valence-electron chi connectivity index (χ2n) is 4.67. The standard InChI is InChI=1S/C16H18O3/c1-11-3-8-15(12(2)17)16(9-11)19-10-13-4-6-14(18)7-5-13/h3-9,12,17-18H,10H2,1-2H3. The Labute approximate surface area is 113 Å². The molecule has 0 bridgehead atoms. The van der Waals surface area contributed by atoms with E-state index in [1.807, 2.05) is 37.3 Å². The van der Waals surface area contributed by atoms with E-state index >= 15 is 0 Å². The highest BCUT2D eigenvalue weighted by atomic mass is 16.5. The summed E-state index contributed by atoms with van der Waals surface area (Å²) in [6.45, 7) is 4.11. The summed E-state index contributed by atoms with van der Waals surface area (Å²) in [7, 11) is 0. The number of aromatic hydroxyl groups is 1. The van der Waals surface area contributed by atoms with E-state index in [9.17, 15) is 10.2 Å². The monoisotopic (exact) mass is 258 g/mol. The molecule has 0 aromatic heterocycles. The van der Waals surface area contributed by atoms with Crippen molar-refractivity contribution in [3.8, 4) is 11.5 Å². The minimum atomic E-state index is -0.560. The zero-order chi connectivity index (χ0) is 13.8. The Morgan fingerprint density at radius 3 is 2.42 bits per heavy atom. The molecule has 0 aliphatic carbocycles. The van der Waals surface area contributed by atoms with Crippen molar-refractivity contribution in [1.29, 1.82) is 0 Å². The van der Waals surface area contributed by atoms with Crippen LogP contribution in [-0.2, 0) is 6.61 Å². The maximum Gasteiger partial charge on any atom is 0.125 e. The van der Waals surface area contributed by atoms with Crippen molar-refractivity contribution < 1.29 is 14.9 Å². The van der Waals surface area contributed by atoms with Crippen molar-refractivity contribution in [3.05, 3.63) is 59.2 Å². The fourth-order valence-electron chi connectivity index (χ4n) is 1.86. The van der Waals surface area contributed by atoms with Gasteiger partial charge in [-0.3, -0.25) is 0 Å². The molecule has 0 spiro atoms. The average molecular weight is 258 g/mol. The molecule has 0 saturated heterocycles. The van der Waals surface area contributed by atoms with E-state index in [0.29, 0.717) is 12.4 Å². The second kappa shape index (κ2) is 5.76. The van der Waals surface area contributed by atoms with E-state index in [4.69, 9.17) is 4.74 Å². The van der Waals surface area contributed by atoms with Crippen LogP contribution in [0.15, 0.2) is 42.5 Å². The summed E-state index contributed by atoms with van der Waals surface area (Å²) in [5.74, 6) is 0.937. The molecular weight excluding hydrogens is 240 g/mol. The van der Waals surface area contributed by atoms with Gasteiger partial charge in [0.25, 0.3) is 0 Å². The number of hydrogen-bond acceptors (Lipinski definition) is 3. The predicted octanol–water partition coefficient (Wildman–Crippen LogP) is 3.33. The van der Waals surface area contributed by atoms with Crippen molar-refractivity contribution in [1.82, 2.24) is 0 Å². The number of hydrogen-bond donors (Lipinski definition) is 2. The molecule has 0 aliphatic heterocycles. The van der Waals surface area contributed by atoms with Crippen LogP contribution < -0.4 is 4.74 Å². The number of aliphatic hydroxyl groups is 1. The van der Waals surface area contributed by atoms with Gasteiger partial charge >= 0.3 is 0 Å². The number of phenols is 1. The highest BCUT2D eigenvalue weighted by Crippen LogP contribution is 2.27. The molecule has 3 heteroatoms. The lowest BCUT2D eigenvalue weighted by atomic mass is 10.1. The number of benzene rings is 2. The van der Waals surface area contributed by atoms with E-state index in [1.165, 1.54) is 0 Å². The molecule has 0 amide bonds. The molecule has 2 rings (SSSR count). The highest BCUT2D eigenvalue weighted by Gasteiger charge is 2.09. The molecule has 0 heterocycles. The quantitative estimate of drug-likeness (QED) is 0.884. The van der Waals surface area contributed by atoms with Gasteiger partial charge in [0.1, 0.15) is 18.1 Å². The molecule has 100 valence electrons. The first-order chi connectivity index (χ1) is 9.06. The van der Waals surface area contributed by atoms with Crippen LogP contribution in [0.3, 0.4) is 0 Å².